The fourth-order valence-corrected chi connectivity index (χ4v) is 2.48. The largest absolute Gasteiger partial charge is 0.381 e. The number of nitrogens with zero attached hydrogens (tertiary/aromatic N) is 1. The zero-order valence-corrected chi connectivity index (χ0v) is 10.4. The van der Waals surface area contributed by atoms with E-state index in [2.05, 4.69) is 29.4 Å². The summed E-state index contributed by atoms with van der Waals surface area (Å²) in [5.41, 5.74) is 3.45. The molecule has 0 aromatic carbocycles. The standard InChI is InChI=1S/C14H22N2/c1-11-9-10-14(12(2)15-11)16-13-7-5-3-4-6-8-13/h9-10,13,16H,3-8H2,1-2H3. The van der Waals surface area contributed by atoms with Crippen molar-refractivity contribution in [3.8, 4) is 0 Å². The maximum atomic E-state index is 4.50. The molecule has 1 N–H and O–H groups in total. The van der Waals surface area contributed by atoms with Crippen molar-refractivity contribution in [3.63, 3.8) is 0 Å². The highest BCUT2D eigenvalue weighted by atomic mass is 14.9. The quantitative estimate of drug-likeness (QED) is 0.763. The van der Waals surface area contributed by atoms with Crippen LogP contribution >= 0.6 is 0 Å². The lowest BCUT2D eigenvalue weighted by molar-refractivity contribution is 0.619. The van der Waals surface area contributed by atoms with E-state index < -0.39 is 0 Å². The molecule has 0 bridgehead atoms. The molecule has 0 atom stereocenters. The van der Waals surface area contributed by atoms with E-state index in [4.69, 9.17) is 0 Å². The molecule has 0 radical (unpaired) electrons. The Morgan fingerprint density at radius 2 is 1.75 bits per heavy atom. The maximum absolute atomic E-state index is 4.50. The molecule has 0 saturated heterocycles. The van der Waals surface area contributed by atoms with E-state index in [9.17, 15) is 0 Å². The van der Waals surface area contributed by atoms with Crippen LogP contribution in [0.4, 0.5) is 5.69 Å². The van der Waals surface area contributed by atoms with E-state index >= 15 is 0 Å². The summed E-state index contributed by atoms with van der Waals surface area (Å²) >= 11 is 0. The lowest BCUT2D eigenvalue weighted by Gasteiger charge is -2.18. The summed E-state index contributed by atoms with van der Waals surface area (Å²) in [6.07, 6.45) is 8.18. The van der Waals surface area contributed by atoms with Crippen LogP contribution in [0.1, 0.15) is 49.9 Å². The van der Waals surface area contributed by atoms with Crippen molar-refractivity contribution in [2.75, 3.05) is 5.32 Å². The van der Waals surface area contributed by atoms with Crippen LogP contribution in [-0.2, 0) is 0 Å². The average molecular weight is 218 g/mol. The molecule has 1 saturated carbocycles. The predicted octanol–water partition coefficient (Wildman–Crippen LogP) is 3.83. The Morgan fingerprint density at radius 3 is 2.38 bits per heavy atom. The molecule has 0 amide bonds. The monoisotopic (exact) mass is 218 g/mol. The third kappa shape index (κ3) is 2.97. The molecule has 2 rings (SSSR count). The molecule has 2 nitrogen and oxygen atoms in total. The minimum atomic E-state index is 0.658. The van der Waals surface area contributed by atoms with Gasteiger partial charge in [-0.2, -0.15) is 0 Å². The Morgan fingerprint density at radius 1 is 1.06 bits per heavy atom. The summed E-state index contributed by atoms with van der Waals surface area (Å²) < 4.78 is 0. The number of rotatable bonds is 2. The van der Waals surface area contributed by atoms with Gasteiger partial charge >= 0.3 is 0 Å². The normalized spacial score (nSPS) is 18.1. The summed E-state index contributed by atoms with van der Waals surface area (Å²) in [5, 5.41) is 3.65. The second-order valence-electron chi connectivity index (χ2n) is 4.92. The molecule has 0 unspecified atom stereocenters. The first kappa shape index (κ1) is 11.4. The van der Waals surface area contributed by atoms with Gasteiger partial charge in [0.15, 0.2) is 0 Å². The van der Waals surface area contributed by atoms with Crippen LogP contribution in [0.15, 0.2) is 12.1 Å². The third-order valence-corrected chi connectivity index (χ3v) is 3.44. The van der Waals surface area contributed by atoms with Crippen LogP contribution in [0.2, 0.25) is 0 Å². The number of hydrogen-bond acceptors (Lipinski definition) is 2. The molecule has 1 heterocycles. The molecule has 1 aromatic rings. The molecule has 0 spiro atoms. The van der Waals surface area contributed by atoms with Gasteiger partial charge in [-0.25, -0.2) is 0 Å². The van der Waals surface area contributed by atoms with Crippen LogP contribution in [0, 0.1) is 13.8 Å². The molecule has 1 aliphatic rings. The molecule has 1 fully saturated rings. The van der Waals surface area contributed by atoms with E-state index in [0.29, 0.717) is 6.04 Å². The fourth-order valence-electron chi connectivity index (χ4n) is 2.48. The lowest BCUT2D eigenvalue weighted by Crippen LogP contribution is -2.19. The first-order chi connectivity index (χ1) is 7.75. The average Bonchev–Trinajstić information content (AvgIpc) is 2.51. The SMILES string of the molecule is Cc1ccc(NC2CCCCCC2)c(C)n1. The van der Waals surface area contributed by atoms with Gasteiger partial charge in [-0.05, 0) is 38.8 Å². The van der Waals surface area contributed by atoms with Gasteiger partial charge < -0.3 is 5.32 Å². The molecular formula is C14H22N2. The van der Waals surface area contributed by atoms with Gasteiger partial charge in [0.25, 0.3) is 0 Å². The predicted molar refractivity (Wildman–Crippen MR) is 68.8 cm³/mol. The van der Waals surface area contributed by atoms with Gasteiger partial charge in [0.1, 0.15) is 0 Å². The molecule has 16 heavy (non-hydrogen) atoms. The smallest absolute Gasteiger partial charge is 0.0606 e. The highest BCUT2D eigenvalue weighted by molar-refractivity contribution is 5.48. The Bertz CT molecular complexity index is 339. The van der Waals surface area contributed by atoms with Crippen LogP contribution in [0.5, 0.6) is 0 Å². The molecule has 0 aliphatic heterocycles. The Labute approximate surface area is 98.5 Å². The van der Waals surface area contributed by atoms with E-state index in [-0.39, 0.29) is 0 Å². The summed E-state index contributed by atoms with van der Waals surface area (Å²) in [4.78, 5) is 4.50. The summed E-state index contributed by atoms with van der Waals surface area (Å²) in [6, 6.07) is 4.92. The van der Waals surface area contributed by atoms with Gasteiger partial charge in [-0.3, -0.25) is 4.98 Å². The zero-order valence-electron chi connectivity index (χ0n) is 10.4. The summed E-state index contributed by atoms with van der Waals surface area (Å²) in [6.45, 7) is 4.13. The first-order valence-electron chi connectivity index (χ1n) is 6.46. The second kappa shape index (κ2) is 5.33. The maximum Gasteiger partial charge on any atom is 0.0606 e. The molecular weight excluding hydrogens is 196 g/mol. The van der Waals surface area contributed by atoms with Crippen molar-refractivity contribution < 1.29 is 0 Å². The number of nitrogens with one attached hydrogen (secondary N) is 1. The van der Waals surface area contributed by atoms with Crippen molar-refractivity contribution in [2.24, 2.45) is 0 Å². The number of aromatic nitrogens is 1. The number of anilines is 1. The molecule has 1 aliphatic carbocycles. The van der Waals surface area contributed by atoms with Crippen molar-refractivity contribution in [2.45, 2.75) is 58.4 Å². The van der Waals surface area contributed by atoms with Crippen molar-refractivity contribution in [1.29, 1.82) is 0 Å². The topological polar surface area (TPSA) is 24.9 Å². The summed E-state index contributed by atoms with van der Waals surface area (Å²) in [5.74, 6) is 0. The van der Waals surface area contributed by atoms with Crippen molar-refractivity contribution in [3.05, 3.63) is 23.5 Å². The third-order valence-electron chi connectivity index (χ3n) is 3.44. The summed E-state index contributed by atoms with van der Waals surface area (Å²) in [7, 11) is 0. The fraction of sp³-hybridized carbons (Fsp3) is 0.643. The first-order valence-corrected chi connectivity index (χ1v) is 6.46. The molecule has 2 heteroatoms. The minimum Gasteiger partial charge on any atom is -0.381 e. The highest BCUT2D eigenvalue weighted by Crippen LogP contribution is 2.22. The highest BCUT2D eigenvalue weighted by Gasteiger charge is 2.12. The number of pyridine rings is 1. The molecule has 1 aromatic heterocycles. The van der Waals surface area contributed by atoms with Crippen LogP contribution in [0.3, 0.4) is 0 Å². The van der Waals surface area contributed by atoms with Crippen molar-refractivity contribution >= 4 is 5.69 Å². The van der Waals surface area contributed by atoms with Crippen LogP contribution in [0.25, 0.3) is 0 Å². The number of aryl methyl sites for hydroxylation is 2. The van der Waals surface area contributed by atoms with Crippen molar-refractivity contribution in [1.82, 2.24) is 4.98 Å². The number of hydrogen-bond donors (Lipinski definition) is 1. The van der Waals surface area contributed by atoms with Crippen LogP contribution < -0.4 is 5.32 Å². The lowest BCUT2D eigenvalue weighted by atomic mass is 10.1. The zero-order chi connectivity index (χ0) is 11.4. The van der Waals surface area contributed by atoms with Gasteiger partial charge in [-0.1, -0.05) is 25.7 Å². The van der Waals surface area contributed by atoms with E-state index in [1.807, 2.05) is 6.92 Å². The van der Waals surface area contributed by atoms with Gasteiger partial charge in [-0.15, -0.1) is 0 Å². The van der Waals surface area contributed by atoms with E-state index in [1.165, 1.54) is 44.2 Å². The van der Waals surface area contributed by atoms with Gasteiger partial charge in [0.2, 0.25) is 0 Å². The molecule has 88 valence electrons. The van der Waals surface area contributed by atoms with E-state index in [0.717, 1.165) is 11.4 Å². The minimum absolute atomic E-state index is 0.658. The van der Waals surface area contributed by atoms with Gasteiger partial charge in [0, 0.05) is 11.7 Å². The Hall–Kier alpha value is -1.05. The van der Waals surface area contributed by atoms with Gasteiger partial charge in [0.05, 0.1) is 11.4 Å². The second-order valence-corrected chi connectivity index (χ2v) is 4.92. The van der Waals surface area contributed by atoms with Crippen LogP contribution in [-0.4, -0.2) is 11.0 Å². The Kier molecular flexibility index (Phi) is 3.81. The van der Waals surface area contributed by atoms with E-state index in [1.54, 1.807) is 0 Å². The Balaban J connectivity index is 2.01.